The van der Waals surface area contributed by atoms with E-state index in [0.29, 0.717) is 18.9 Å². The summed E-state index contributed by atoms with van der Waals surface area (Å²) in [5, 5.41) is 0. The Hall–Kier alpha value is -2.62. The lowest BCUT2D eigenvalue weighted by atomic mass is 9.82. The molecule has 2 aromatic carbocycles. The summed E-state index contributed by atoms with van der Waals surface area (Å²) in [6.07, 6.45) is 3.50. The van der Waals surface area contributed by atoms with E-state index in [-0.39, 0.29) is 55.0 Å². The summed E-state index contributed by atoms with van der Waals surface area (Å²) in [5.41, 5.74) is 3.94. The third-order valence-electron chi connectivity index (χ3n) is 7.89. The van der Waals surface area contributed by atoms with Crippen molar-refractivity contribution in [2.75, 3.05) is 39.3 Å². The van der Waals surface area contributed by atoms with E-state index in [9.17, 15) is 9.59 Å². The molecule has 2 atom stereocenters. The van der Waals surface area contributed by atoms with Crippen LogP contribution in [0.2, 0.25) is 0 Å². The molecule has 0 aromatic heterocycles. The fourth-order valence-corrected chi connectivity index (χ4v) is 5.93. The Kier molecular flexibility index (Phi) is 10.4. The zero-order chi connectivity index (χ0) is 24.2. The molecule has 2 heterocycles. The van der Waals surface area contributed by atoms with Gasteiger partial charge in [0.2, 0.25) is 11.8 Å². The number of carbonyl (C=O) groups excluding carboxylic acids is 2. The van der Waals surface area contributed by atoms with E-state index in [4.69, 9.17) is 0 Å². The third-order valence-corrected chi connectivity index (χ3v) is 7.89. The zero-order valence-corrected chi connectivity index (χ0v) is 22.8. The predicted molar refractivity (Wildman–Crippen MR) is 135 cm³/mol. The molecule has 2 unspecified atom stereocenters. The summed E-state index contributed by atoms with van der Waals surface area (Å²) in [6, 6.07) is 22.0. The van der Waals surface area contributed by atoms with Crippen LogP contribution in [0.1, 0.15) is 36.9 Å². The van der Waals surface area contributed by atoms with Crippen molar-refractivity contribution < 1.29 is 44.2 Å². The van der Waals surface area contributed by atoms with Crippen molar-refractivity contribution >= 4 is 11.8 Å². The first-order valence-corrected chi connectivity index (χ1v) is 12.9. The van der Waals surface area contributed by atoms with Gasteiger partial charge in [0.1, 0.15) is 38.8 Å². The highest BCUT2D eigenvalue weighted by Gasteiger charge is 2.47. The molecule has 2 saturated heterocycles. The fourth-order valence-electron chi connectivity index (χ4n) is 5.93. The molecule has 1 aliphatic carbocycles. The Morgan fingerprint density at radius 2 is 1.41 bits per heavy atom. The van der Waals surface area contributed by atoms with Gasteiger partial charge >= 0.3 is 0 Å². The minimum absolute atomic E-state index is 0. The van der Waals surface area contributed by atoms with Crippen molar-refractivity contribution in [2.45, 2.75) is 25.8 Å². The molecule has 2 aliphatic heterocycles. The summed E-state index contributed by atoms with van der Waals surface area (Å²) >= 11 is 0. The number of imide groups is 1. The predicted octanol–water partition coefficient (Wildman–Crippen LogP) is -5.09. The zero-order valence-electron chi connectivity index (χ0n) is 21.3. The van der Waals surface area contributed by atoms with Gasteiger partial charge in [-0.1, -0.05) is 78.2 Å². The molecule has 0 saturated carbocycles. The summed E-state index contributed by atoms with van der Waals surface area (Å²) < 4.78 is 0. The molecule has 2 N–H and O–H groups in total. The minimum atomic E-state index is -0.170. The molecule has 2 amide bonds. The van der Waals surface area contributed by atoms with E-state index in [1.165, 1.54) is 26.5 Å². The highest BCUT2D eigenvalue weighted by Crippen LogP contribution is 2.37. The number of amides is 2. The first-order valence-electron chi connectivity index (χ1n) is 12.9. The van der Waals surface area contributed by atoms with Gasteiger partial charge < -0.3 is 34.6 Å². The Labute approximate surface area is 232 Å². The number of halogens is 2. The van der Waals surface area contributed by atoms with Gasteiger partial charge in [-0.05, 0) is 25.7 Å². The van der Waals surface area contributed by atoms with E-state index in [2.05, 4.69) is 78.6 Å². The molecular weight excluding hydrogens is 505 g/mol. The maximum absolute atomic E-state index is 12.7. The van der Waals surface area contributed by atoms with E-state index in [1.54, 1.807) is 4.90 Å². The minimum Gasteiger partial charge on any atom is -1.00 e. The van der Waals surface area contributed by atoms with Gasteiger partial charge in [-0.15, -0.1) is 0 Å². The number of hydrogen-bond acceptors (Lipinski definition) is 2. The van der Waals surface area contributed by atoms with E-state index in [0.717, 1.165) is 32.7 Å². The first kappa shape index (κ1) is 28.9. The molecule has 0 spiro atoms. The van der Waals surface area contributed by atoms with Crippen molar-refractivity contribution in [3.8, 4) is 11.8 Å². The summed E-state index contributed by atoms with van der Waals surface area (Å²) in [4.78, 5) is 29.9. The maximum Gasteiger partial charge on any atom is 0.234 e. The van der Waals surface area contributed by atoms with E-state index < -0.39 is 0 Å². The topological polar surface area (TPSA) is 46.3 Å². The number of fused-ring (bicyclic) bond motifs is 1. The molecular formula is C30H35Cl2N3O2. The Morgan fingerprint density at radius 1 is 0.838 bits per heavy atom. The second-order valence-electron chi connectivity index (χ2n) is 10.2. The first-order chi connectivity index (χ1) is 17.1. The van der Waals surface area contributed by atoms with Crippen LogP contribution in [-0.4, -0.2) is 56.0 Å². The fraction of sp³-hybridized carbons (Fsp3) is 0.400. The van der Waals surface area contributed by atoms with Crippen LogP contribution in [0, 0.1) is 23.7 Å². The molecule has 196 valence electrons. The number of hydrogen-bond donors (Lipinski definition) is 2. The van der Waals surface area contributed by atoms with Gasteiger partial charge in [0.25, 0.3) is 0 Å². The van der Waals surface area contributed by atoms with Gasteiger partial charge in [-0.3, -0.25) is 14.5 Å². The number of likely N-dealkylation sites (tertiary alicyclic amines) is 1. The highest BCUT2D eigenvalue weighted by atomic mass is 35.5. The number of carbonyl (C=O) groups is 2. The number of rotatable bonds is 5. The Balaban J connectivity index is 0.00000190. The normalized spacial score (nSPS) is 24.8. The monoisotopic (exact) mass is 539 g/mol. The number of benzene rings is 2. The van der Waals surface area contributed by atoms with Crippen molar-refractivity contribution in [1.29, 1.82) is 0 Å². The van der Waals surface area contributed by atoms with E-state index in [1.807, 2.05) is 6.92 Å². The van der Waals surface area contributed by atoms with Crippen LogP contribution >= 0.6 is 0 Å². The number of quaternary nitrogens is 2. The highest BCUT2D eigenvalue weighted by molar-refractivity contribution is 6.05. The summed E-state index contributed by atoms with van der Waals surface area (Å²) in [5.74, 6) is 6.00. The van der Waals surface area contributed by atoms with Crippen LogP contribution in [0.4, 0.5) is 0 Å². The van der Waals surface area contributed by atoms with Crippen molar-refractivity contribution in [3.63, 3.8) is 0 Å². The van der Waals surface area contributed by atoms with Gasteiger partial charge in [-0.2, -0.15) is 0 Å². The van der Waals surface area contributed by atoms with Crippen molar-refractivity contribution in [3.05, 3.63) is 83.4 Å². The number of piperazine rings is 1. The molecule has 0 bridgehead atoms. The van der Waals surface area contributed by atoms with Crippen molar-refractivity contribution in [2.24, 2.45) is 11.8 Å². The molecule has 5 rings (SSSR count). The maximum atomic E-state index is 12.7. The summed E-state index contributed by atoms with van der Waals surface area (Å²) in [6.45, 7) is 7.35. The average molecular weight is 541 g/mol. The Bertz CT molecular complexity index is 1110. The SMILES string of the molecule is CC1=CCC2C(=O)N(CC#CC[NH+]3CC[NH+](C(c4ccccc4)c4ccccc4)CC3)C(=O)C2C1.[Cl-].[Cl-]. The van der Waals surface area contributed by atoms with Crippen LogP contribution in [0.5, 0.6) is 0 Å². The molecule has 5 nitrogen and oxygen atoms in total. The third kappa shape index (κ3) is 6.45. The van der Waals surface area contributed by atoms with Gasteiger partial charge in [-0.25, -0.2) is 0 Å². The number of nitrogens with one attached hydrogen (secondary N) is 2. The number of nitrogens with zero attached hydrogens (tertiary/aromatic N) is 1. The molecule has 2 fully saturated rings. The molecule has 0 radical (unpaired) electrons. The lowest BCUT2D eigenvalue weighted by molar-refractivity contribution is -1.02. The lowest BCUT2D eigenvalue weighted by Crippen LogP contribution is -3.28. The van der Waals surface area contributed by atoms with Crippen molar-refractivity contribution in [1.82, 2.24) is 4.90 Å². The van der Waals surface area contributed by atoms with Crippen LogP contribution in [-0.2, 0) is 9.59 Å². The lowest BCUT2D eigenvalue weighted by Gasteiger charge is -2.34. The smallest absolute Gasteiger partial charge is 0.234 e. The van der Waals surface area contributed by atoms with Crippen LogP contribution in [0.15, 0.2) is 72.3 Å². The molecule has 7 heteroatoms. The van der Waals surface area contributed by atoms with Crippen LogP contribution in [0.3, 0.4) is 0 Å². The standard InChI is InChI=1S/C30H33N3O2.2ClH/c1-23-14-15-26-27(22-23)30(35)33(29(26)34)17-9-8-16-31-18-20-32(21-19-31)28(24-10-4-2-5-11-24)25-12-6-3-7-13-25;;/h2-7,10-14,26-28H,15-22H2,1H3;2*1H. The van der Waals surface area contributed by atoms with E-state index >= 15 is 0 Å². The second kappa shape index (κ2) is 13.3. The van der Waals surface area contributed by atoms with Gasteiger partial charge in [0, 0.05) is 11.1 Å². The average Bonchev–Trinajstić information content (AvgIpc) is 3.13. The second-order valence-corrected chi connectivity index (χ2v) is 10.2. The Morgan fingerprint density at radius 3 is 2.00 bits per heavy atom. The van der Waals surface area contributed by atoms with Crippen LogP contribution in [0.25, 0.3) is 0 Å². The molecule has 2 aromatic rings. The summed E-state index contributed by atoms with van der Waals surface area (Å²) in [7, 11) is 0. The van der Waals surface area contributed by atoms with Gasteiger partial charge in [0.15, 0.2) is 0 Å². The molecule has 3 aliphatic rings. The van der Waals surface area contributed by atoms with Crippen LogP contribution < -0.4 is 34.6 Å². The largest absolute Gasteiger partial charge is 1.00 e. The quantitative estimate of drug-likeness (QED) is 0.227. The number of allylic oxidation sites excluding steroid dienone is 2. The van der Waals surface area contributed by atoms with Gasteiger partial charge in [0.05, 0.1) is 18.4 Å². The molecule has 37 heavy (non-hydrogen) atoms.